The zero-order valence-corrected chi connectivity index (χ0v) is 9.85. The lowest BCUT2D eigenvalue weighted by molar-refractivity contribution is -0.144. The van der Waals surface area contributed by atoms with E-state index in [1.165, 1.54) is 0 Å². The minimum Gasteiger partial charge on any atom is -0.373 e. The van der Waals surface area contributed by atoms with Crippen LogP contribution in [0.15, 0.2) is 0 Å². The van der Waals surface area contributed by atoms with Crippen molar-refractivity contribution >= 4 is 11.8 Å². The van der Waals surface area contributed by atoms with Crippen LogP contribution in [0.5, 0.6) is 0 Å². The Kier molecular flexibility index (Phi) is 3.96. The van der Waals surface area contributed by atoms with Gasteiger partial charge in [0.05, 0.1) is 18.6 Å². The van der Waals surface area contributed by atoms with E-state index < -0.39 is 0 Å². The molecule has 0 aromatic carbocycles. The van der Waals surface area contributed by atoms with E-state index in [0.29, 0.717) is 45.6 Å². The van der Waals surface area contributed by atoms with E-state index in [-0.39, 0.29) is 23.8 Å². The number of hydrogen-bond donors (Lipinski definition) is 2. The zero-order chi connectivity index (χ0) is 12.3. The van der Waals surface area contributed by atoms with Crippen LogP contribution in [0.25, 0.3) is 0 Å². The molecule has 2 saturated heterocycles. The van der Waals surface area contributed by atoms with Crippen molar-refractivity contribution in [2.45, 2.75) is 18.9 Å². The molecule has 2 heterocycles. The summed E-state index contributed by atoms with van der Waals surface area (Å²) >= 11 is 0. The minimum absolute atomic E-state index is 0.0378. The van der Waals surface area contributed by atoms with Gasteiger partial charge < -0.3 is 20.7 Å². The van der Waals surface area contributed by atoms with Crippen LogP contribution >= 0.6 is 0 Å². The van der Waals surface area contributed by atoms with Gasteiger partial charge in [-0.15, -0.1) is 0 Å². The number of nitrogens with two attached hydrogens (primary N) is 1. The monoisotopic (exact) mass is 241 g/mol. The highest BCUT2D eigenvalue weighted by molar-refractivity contribution is 5.83. The van der Waals surface area contributed by atoms with Gasteiger partial charge in [0.25, 0.3) is 0 Å². The Bertz CT molecular complexity index is 298. The lowest BCUT2D eigenvalue weighted by atomic mass is 9.97. The Morgan fingerprint density at radius 2 is 2.41 bits per heavy atom. The fourth-order valence-corrected chi connectivity index (χ4v) is 2.26. The summed E-state index contributed by atoms with van der Waals surface area (Å²) in [6.45, 7) is 2.64. The highest BCUT2D eigenvalue weighted by atomic mass is 16.5. The number of morpholine rings is 1. The maximum atomic E-state index is 12.2. The molecule has 0 aromatic rings. The first kappa shape index (κ1) is 12.3. The first-order chi connectivity index (χ1) is 8.20. The second-order valence-corrected chi connectivity index (χ2v) is 4.55. The number of carbonyl (C=O) groups excluding carboxylic acids is 2. The molecule has 2 amide bonds. The standard InChI is InChI=1S/C11H19N3O3/c12-5-9-7-14(3-4-17-9)11(16)8-1-2-10(15)13-6-8/h8-9H,1-7,12H2,(H,13,15). The SMILES string of the molecule is NCC1CN(C(=O)C2CCC(=O)NC2)CCO1. The molecule has 2 rings (SSSR count). The predicted molar refractivity (Wildman–Crippen MR) is 61.1 cm³/mol. The third kappa shape index (κ3) is 2.95. The van der Waals surface area contributed by atoms with Gasteiger partial charge in [0.15, 0.2) is 0 Å². The first-order valence-corrected chi connectivity index (χ1v) is 6.08. The fourth-order valence-electron chi connectivity index (χ4n) is 2.26. The van der Waals surface area contributed by atoms with Crippen molar-refractivity contribution in [3.63, 3.8) is 0 Å². The lowest BCUT2D eigenvalue weighted by Crippen LogP contribution is -2.52. The fraction of sp³-hybridized carbons (Fsp3) is 0.818. The van der Waals surface area contributed by atoms with Crippen molar-refractivity contribution in [1.82, 2.24) is 10.2 Å². The maximum absolute atomic E-state index is 12.2. The van der Waals surface area contributed by atoms with E-state index in [1.54, 1.807) is 0 Å². The number of carbonyl (C=O) groups is 2. The van der Waals surface area contributed by atoms with Crippen molar-refractivity contribution in [2.24, 2.45) is 11.7 Å². The van der Waals surface area contributed by atoms with Crippen LogP contribution in [0, 0.1) is 5.92 Å². The number of nitrogens with one attached hydrogen (secondary N) is 1. The molecular weight excluding hydrogens is 222 g/mol. The van der Waals surface area contributed by atoms with E-state index in [4.69, 9.17) is 10.5 Å². The summed E-state index contributed by atoms with van der Waals surface area (Å²) in [5, 5.41) is 2.73. The second kappa shape index (κ2) is 5.46. The van der Waals surface area contributed by atoms with E-state index in [9.17, 15) is 9.59 Å². The van der Waals surface area contributed by atoms with Crippen LogP contribution in [-0.2, 0) is 14.3 Å². The minimum atomic E-state index is -0.0794. The van der Waals surface area contributed by atoms with Crippen molar-refractivity contribution in [3.05, 3.63) is 0 Å². The molecule has 2 aliphatic heterocycles. The Labute approximate surface area is 100 Å². The third-order valence-electron chi connectivity index (χ3n) is 3.33. The number of amides is 2. The van der Waals surface area contributed by atoms with E-state index in [0.717, 1.165) is 0 Å². The van der Waals surface area contributed by atoms with Gasteiger partial charge in [-0.1, -0.05) is 0 Å². The van der Waals surface area contributed by atoms with Crippen LogP contribution in [0.2, 0.25) is 0 Å². The molecule has 17 heavy (non-hydrogen) atoms. The van der Waals surface area contributed by atoms with Crippen LogP contribution in [0.3, 0.4) is 0 Å². The third-order valence-corrected chi connectivity index (χ3v) is 3.33. The van der Waals surface area contributed by atoms with Crippen LogP contribution in [-0.4, -0.2) is 55.6 Å². The molecule has 2 unspecified atom stereocenters. The number of piperidine rings is 1. The Morgan fingerprint density at radius 1 is 1.59 bits per heavy atom. The maximum Gasteiger partial charge on any atom is 0.227 e. The normalized spacial score (nSPS) is 29.9. The number of nitrogens with zero attached hydrogens (tertiary/aromatic N) is 1. The summed E-state index contributed by atoms with van der Waals surface area (Å²) in [7, 11) is 0. The predicted octanol–water partition coefficient (Wildman–Crippen LogP) is -1.30. The van der Waals surface area contributed by atoms with Gasteiger partial charge in [-0.2, -0.15) is 0 Å². The average molecular weight is 241 g/mol. The first-order valence-electron chi connectivity index (χ1n) is 6.08. The molecule has 0 saturated carbocycles. The topological polar surface area (TPSA) is 84.7 Å². The molecule has 2 fully saturated rings. The summed E-state index contributed by atoms with van der Waals surface area (Å²) in [5.41, 5.74) is 5.54. The van der Waals surface area contributed by atoms with Gasteiger partial charge in [-0.05, 0) is 6.42 Å². The second-order valence-electron chi connectivity index (χ2n) is 4.55. The van der Waals surface area contributed by atoms with Gasteiger partial charge in [-0.25, -0.2) is 0 Å². The van der Waals surface area contributed by atoms with E-state index >= 15 is 0 Å². The zero-order valence-electron chi connectivity index (χ0n) is 9.85. The molecule has 0 aromatic heterocycles. The number of ether oxygens (including phenoxy) is 1. The summed E-state index contributed by atoms with van der Waals surface area (Å²) in [4.78, 5) is 25.0. The van der Waals surface area contributed by atoms with Crippen molar-refractivity contribution < 1.29 is 14.3 Å². The van der Waals surface area contributed by atoms with Crippen molar-refractivity contribution in [2.75, 3.05) is 32.8 Å². The van der Waals surface area contributed by atoms with Gasteiger partial charge >= 0.3 is 0 Å². The molecule has 2 atom stereocenters. The van der Waals surface area contributed by atoms with Crippen molar-refractivity contribution in [3.8, 4) is 0 Å². The summed E-state index contributed by atoms with van der Waals surface area (Å²) in [6, 6.07) is 0. The summed E-state index contributed by atoms with van der Waals surface area (Å²) in [6.07, 6.45) is 1.04. The number of hydrogen-bond acceptors (Lipinski definition) is 4. The summed E-state index contributed by atoms with van der Waals surface area (Å²) < 4.78 is 5.42. The molecular formula is C11H19N3O3. The lowest BCUT2D eigenvalue weighted by Gasteiger charge is -2.35. The van der Waals surface area contributed by atoms with Gasteiger partial charge in [0.2, 0.25) is 11.8 Å². The molecule has 0 spiro atoms. The molecule has 6 heteroatoms. The van der Waals surface area contributed by atoms with Crippen molar-refractivity contribution in [1.29, 1.82) is 0 Å². The molecule has 0 aliphatic carbocycles. The van der Waals surface area contributed by atoms with E-state index in [2.05, 4.69) is 5.32 Å². The molecule has 2 aliphatic rings. The number of rotatable bonds is 2. The van der Waals surface area contributed by atoms with E-state index in [1.807, 2.05) is 4.90 Å². The largest absolute Gasteiger partial charge is 0.373 e. The smallest absolute Gasteiger partial charge is 0.227 e. The summed E-state index contributed by atoms with van der Waals surface area (Å²) in [5.74, 6) is 0.0758. The van der Waals surface area contributed by atoms with Crippen LogP contribution in [0.1, 0.15) is 12.8 Å². The van der Waals surface area contributed by atoms with Gasteiger partial charge in [0.1, 0.15) is 0 Å². The quantitative estimate of drug-likeness (QED) is 0.629. The van der Waals surface area contributed by atoms with Gasteiger partial charge in [-0.3, -0.25) is 9.59 Å². The molecule has 0 radical (unpaired) electrons. The van der Waals surface area contributed by atoms with Gasteiger partial charge in [0, 0.05) is 32.6 Å². The molecule has 6 nitrogen and oxygen atoms in total. The Hall–Kier alpha value is -1.14. The van der Waals surface area contributed by atoms with Crippen LogP contribution in [0.4, 0.5) is 0 Å². The Morgan fingerprint density at radius 3 is 3.06 bits per heavy atom. The average Bonchev–Trinajstić information content (AvgIpc) is 2.39. The van der Waals surface area contributed by atoms with Crippen LogP contribution < -0.4 is 11.1 Å². The molecule has 96 valence electrons. The molecule has 3 N–H and O–H groups in total. The Balaban J connectivity index is 1.88. The highest BCUT2D eigenvalue weighted by Crippen LogP contribution is 2.16. The highest BCUT2D eigenvalue weighted by Gasteiger charge is 2.31. The molecule has 0 bridgehead atoms.